The summed E-state index contributed by atoms with van der Waals surface area (Å²) in [7, 11) is -3.21. The molecule has 0 aromatic heterocycles. The van der Waals surface area contributed by atoms with Crippen molar-refractivity contribution in [1.29, 1.82) is 5.41 Å². The summed E-state index contributed by atoms with van der Waals surface area (Å²) in [5.41, 5.74) is 6.14. The third-order valence-electron chi connectivity index (χ3n) is 2.71. The van der Waals surface area contributed by atoms with Crippen LogP contribution in [0, 0.1) is 5.41 Å². The molecule has 3 N–H and O–H groups in total. The molecule has 0 heterocycles. The molecule has 0 spiro atoms. The summed E-state index contributed by atoms with van der Waals surface area (Å²) < 4.78 is 22.8. The van der Waals surface area contributed by atoms with E-state index < -0.39 is 9.84 Å². The minimum atomic E-state index is -3.21. The lowest BCUT2D eigenvalue weighted by atomic mass is 10.2. The molecular weight excluding hydrogens is 328 g/mol. The Morgan fingerprint density at radius 2 is 1.81 bits per heavy atom. The molecule has 0 fully saturated rings. The van der Waals surface area contributed by atoms with Crippen LogP contribution in [-0.2, 0) is 9.84 Å². The van der Waals surface area contributed by atoms with Gasteiger partial charge in [0.05, 0.1) is 4.90 Å². The van der Waals surface area contributed by atoms with Crippen molar-refractivity contribution < 1.29 is 8.42 Å². The average Bonchev–Trinajstić information content (AvgIpc) is 2.38. The highest BCUT2D eigenvalue weighted by Gasteiger charge is 2.10. The molecule has 0 saturated carbocycles. The number of halogens is 1. The Morgan fingerprint density at radius 3 is 2.33 bits per heavy atom. The van der Waals surface area contributed by atoms with Crippen molar-refractivity contribution in [3.05, 3.63) is 53.1 Å². The van der Waals surface area contributed by atoms with Crippen LogP contribution in [0.5, 0.6) is 0 Å². The molecule has 0 aliphatic heterocycles. The molecule has 0 atom stereocenters. The second-order valence-electron chi connectivity index (χ2n) is 4.40. The van der Waals surface area contributed by atoms with Crippen molar-refractivity contribution in [2.24, 2.45) is 5.73 Å². The minimum Gasteiger partial charge on any atom is -0.384 e. The molecule has 4 nitrogen and oxygen atoms in total. The first-order valence-corrected chi connectivity index (χ1v) is 8.98. The topological polar surface area (TPSA) is 84.0 Å². The smallest absolute Gasteiger partial charge is 0.175 e. The van der Waals surface area contributed by atoms with Crippen LogP contribution in [-0.4, -0.2) is 20.5 Å². The van der Waals surface area contributed by atoms with Crippen LogP contribution in [0.4, 0.5) is 0 Å². The summed E-state index contributed by atoms with van der Waals surface area (Å²) in [6, 6.07) is 11.6. The van der Waals surface area contributed by atoms with E-state index in [4.69, 9.17) is 22.7 Å². The standard InChI is InChI=1S/C14H13ClN2O2S2/c1-21(18,19)11-5-3-10(4-6-11)20-13-8-9(15)2-7-12(13)14(16)17/h2-8H,1H3,(H3,16,17). The van der Waals surface area contributed by atoms with E-state index in [0.29, 0.717) is 10.6 Å². The highest BCUT2D eigenvalue weighted by Crippen LogP contribution is 2.32. The van der Waals surface area contributed by atoms with Gasteiger partial charge in [0.1, 0.15) is 5.84 Å². The lowest BCUT2D eigenvalue weighted by Gasteiger charge is -2.09. The van der Waals surface area contributed by atoms with E-state index in [1.54, 1.807) is 42.5 Å². The molecule has 0 aliphatic rings. The number of nitrogens with two attached hydrogens (primary N) is 1. The third-order valence-corrected chi connectivity index (χ3v) is 5.14. The van der Waals surface area contributed by atoms with Gasteiger partial charge in [-0.05, 0) is 42.5 Å². The van der Waals surface area contributed by atoms with Crippen LogP contribution in [0.15, 0.2) is 57.2 Å². The third kappa shape index (κ3) is 4.00. The molecule has 0 aliphatic carbocycles. The first-order chi connectivity index (χ1) is 9.77. The number of rotatable bonds is 4. The van der Waals surface area contributed by atoms with E-state index in [1.807, 2.05) is 0 Å². The van der Waals surface area contributed by atoms with Gasteiger partial charge in [-0.1, -0.05) is 23.4 Å². The Kier molecular flexibility index (Phi) is 4.61. The monoisotopic (exact) mass is 340 g/mol. The lowest BCUT2D eigenvalue weighted by Crippen LogP contribution is -2.12. The summed E-state index contributed by atoms with van der Waals surface area (Å²) in [5.74, 6) is -0.0399. The number of hydrogen-bond donors (Lipinski definition) is 2. The van der Waals surface area contributed by atoms with Crippen LogP contribution in [0.3, 0.4) is 0 Å². The quantitative estimate of drug-likeness (QED) is 0.661. The lowest BCUT2D eigenvalue weighted by molar-refractivity contribution is 0.602. The van der Waals surface area contributed by atoms with Crippen molar-refractivity contribution >= 4 is 39.0 Å². The van der Waals surface area contributed by atoms with Gasteiger partial charge in [0.2, 0.25) is 0 Å². The maximum absolute atomic E-state index is 11.4. The van der Waals surface area contributed by atoms with Crippen LogP contribution in [0.2, 0.25) is 5.02 Å². The maximum Gasteiger partial charge on any atom is 0.175 e. The average molecular weight is 341 g/mol. The zero-order valence-corrected chi connectivity index (χ0v) is 13.5. The molecule has 0 saturated heterocycles. The normalized spacial score (nSPS) is 11.3. The van der Waals surface area contributed by atoms with Crippen molar-refractivity contribution in [1.82, 2.24) is 0 Å². The number of benzene rings is 2. The number of hydrogen-bond acceptors (Lipinski definition) is 4. The molecule has 0 radical (unpaired) electrons. The summed E-state index contributed by atoms with van der Waals surface area (Å²) in [6.07, 6.45) is 1.17. The largest absolute Gasteiger partial charge is 0.384 e. The van der Waals surface area contributed by atoms with Gasteiger partial charge in [-0.15, -0.1) is 0 Å². The van der Waals surface area contributed by atoms with Gasteiger partial charge < -0.3 is 5.73 Å². The molecule has 110 valence electrons. The maximum atomic E-state index is 11.4. The molecule has 21 heavy (non-hydrogen) atoms. The molecule has 0 unspecified atom stereocenters. The van der Waals surface area contributed by atoms with Crippen molar-refractivity contribution in [2.45, 2.75) is 14.7 Å². The Balaban J connectivity index is 2.34. The van der Waals surface area contributed by atoms with E-state index >= 15 is 0 Å². The Labute approximate surface area is 132 Å². The van der Waals surface area contributed by atoms with Crippen molar-refractivity contribution in [3.8, 4) is 0 Å². The summed E-state index contributed by atoms with van der Waals surface area (Å²) in [6.45, 7) is 0. The zero-order valence-electron chi connectivity index (χ0n) is 11.1. The van der Waals surface area contributed by atoms with Crippen LogP contribution in [0.1, 0.15) is 5.56 Å². The zero-order chi connectivity index (χ0) is 15.6. The number of sulfone groups is 1. The Morgan fingerprint density at radius 1 is 1.19 bits per heavy atom. The fourth-order valence-corrected chi connectivity index (χ4v) is 3.55. The van der Waals surface area contributed by atoms with Crippen LogP contribution < -0.4 is 5.73 Å². The number of nitrogens with one attached hydrogen (secondary N) is 1. The van der Waals surface area contributed by atoms with Gasteiger partial charge in [-0.25, -0.2) is 8.42 Å². The first kappa shape index (κ1) is 15.9. The van der Waals surface area contributed by atoms with E-state index in [1.165, 1.54) is 18.0 Å². The Hall–Kier alpha value is -1.50. The van der Waals surface area contributed by atoms with Crippen molar-refractivity contribution in [3.63, 3.8) is 0 Å². The predicted octanol–water partition coefficient (Wildman–Crippen LogP) is 3.18. The second kappa shape index (κ2) is 6.09. The van der Waals surface area contributed by atoms with Gasteiger partial charge in [0.15, 0.2) is 9.84 Å². The molecule has 7 heteroatoms. The molecular formula is C14H13ClN2O2S2. The molecule has 2 aromatic carbocycles. The van der Waals surface area contributed by atoms with Gasteiger partial charge >= 0.3 is 0 Å². The molecule has 0 bridgehead atoms. The van der Waals surface area contributed by atoms with Gasteiger partial charge in [0, 0.05) is 26.6 Å². The number of nitrogen functional groups attached to an aromatic ring is 1. The van der Waals surface area contributed by atoms with E-state index in [9.17, 15) is 8.42 Å². The minimum absolute atomic E-state index is 0.0399. The summed E-state index contributed by atoms with van der Waals surface area (Å²) in [4.78, 5) is 1.86. The summed E-state index contributed by atoms with van der Waals surface area (Å²) >= 11 is 7.34. The van der Waals surface area contributed by atoms with Gasteiger partial charge in [0.25, 0.3) is 0 Å². The Bertz CT molecular complexity index is 787. The number of amidine groups is 1. The van der Waals surface area contributed by atoms with E-state index in [0.717, 1.165) is 9.79 Å². The fraction of sp³-hybridized carbons (Fsp3) is 0.0714. The van der Waals surface area contributed by atoms with Crippen LogP contribution in [0.25, 0.3) is 0 Å². The highest BCUT2D eigenvalue weighted by atomic mass is 35.5. The molecule has 2 aromatic rings. The molecule has 2 rings (SSSR count). The first-order valence-electron chi connectivity index (χ1n) is 5.89. The van der Waals surface area contributed by atoms with Crippen LogP contribution >= 0.6 is 23.4 Å². The van der Waals surface area contributed by atoms with E-state index in [-0.39, 0.29) is 10.7 Å². The van der Waals surface area contributed by atoms with Gasteiger partial charge in [-0.3, -0.25) is 5.41 Å². The molecule has 0 amide bonds. The van der Waals surface area contributed by atoms with E-state index in [2.05, 4.69) is 0 Å². The summed E-state index contributed by atoms with van der Waals surface area (Å²) in [5, 5.41) is 8.12. The van der Waals surface area contributed by atoms with Crippen molar-refractivity contribution in [2.75, 3.05) is 6.26 Å². The second-order valence-corrected chi connectivity index (χ2v) is 7.97. The SMILES string of the molecule is CS(=O)(=O)c1ccc(Sc2cc(Cl)ccc2C(=N)N)cc1. The highest BCUT2D eigenvalue weighted by molar-refractivity contribution is 7.99. The van der Waals surface area contributed by atoms with Gasteiger partial charge in [-0.2, -0.15) is 0 Å². The fourth-order valence-electron chi connectivity index (χ4n) is 1.68. The predicted molar refractivity (Wildman–Crippen MR) is 86.1 cm³/mol.